The van der Waals surface area contributed by atoms with Gasteiger partial charge in [-0.3, -0.25) is 4.79 Å². The molecule has 1 atom stereocenters. The Hall–Kier alpha value is -1.12. The van der Waals surface area contributed by atoms with E-state index < -0.39 is 5.97 Å². The second kappa shape index (κ2) is 3.09. The van der Waals surface area contributed by atoms with Crippen molar-refractivity contribution < 1.29 is 14.7 Å². The van der Waals surface area contributed by atoms with Crippen molar-refractivity contribution >= 4 is 11.8 Å². The van der Waals surface area contributed by atoms with Crippen molar-refractivity contribution in [1.82, 2.24) is 0 Å². The van der Waals surface area contributed by atoms with Gasteiger partial charge in [0.05, 0.1) is 0 Å². The van der Waals surface area contributed by atoms with Gasteiger partial charge in [0.25, 0.3) is 0 Å². The summed E-state index contributed by atoms with van der Waals surface area (Å²) in [5.74, 6) is -0.936. The first-order valence-corrected chi connectivity index (χ1v) is 3.99. The molecule has 0 heterocycles. The highest BCUT2D eigenvalue weighted by Crippen LogP contribution is 2.26. The molecule has 1 N–H and O–H groups in total. The predicted molar refractivity (Wildman–Crippen MR) is 43.7 cm³/mol. The largest absolute Gasteiger partial charge is 0.478 e. The Morgan fingerprint density at radius 2 is 2.08 bits per heavy atom. The summed E-state index contributed by atoms with van der Waals surface area (Å²) in [6.07, 6.45) is 0.768. The first kappa shape index (κ1) is 8.97. The second-order valence-electron chi connectivity index (χ2n) is 3.15. The zero-order chi connectivity index (χ0) is 9.30. The average Bonchev–Trinajstić information content (AvgIpc) is 2.00. The quantitative estimate of drug-likeness (QED) is 0.643. The van der Waals surface area contributed by atoms with Crippen LogP contribution in [0.2, 0.25) is 0 Å². The van der Waals surface area contributed by atoms with Crippen LogP contribution < -0.4 is 0 Å². The Bertz CT molecular complexity index is 263. The lowest BCUT2D eigenvalue weighted by Crippen LogP contribution is -2.21. The molecule has 0 bridgehead atoms. The minimum absolute atomic E-state index is 0.150. The van der Waals surface area contributed by atoms with Gasteiger partial charge in [0, 0.05) is 17.9 Å². The number of hydrogen-bond acceptors (Lipinski definition) is 2. The van der Waals surface area contributed by atoms with E-state index in [2.05, 4.69) is 0 Å². The Labute approximate surface area is 71.1 Å². The summed E-state index contributed by atoms with van der Waals surface area (Å²) < 4.78 is 0. The summed E-state index contributed by atoms with van der Waals surface area (Å²) >= 11 is 0. The monoisotopic (exact) mass is 168 g/mol. The number of allylic oxidation sites excluding steroid dienone is 1. The number of hydrogen-bond donors (Lipinski definition) is 1. The zero-order valence-corrected chi connectivity index (χ0v) is 7.26. The van der Waals surface area contributed by atoms with Crippen LogP contribution >= 0.6 is 0 Å². The Morgan fingerprint density at radius 1 is 1.50 bits per heavy atom. The van der Waals surface area contributed by atoms with E-state index in [1.165, 1.54) is 0 Å². The lowest BCUT2D eigenvalue weighted by atomic mass is 9.84. The molecule has 0 aromatic rings. The highest BCUT2D eigenvalue weighted by Gasteiger charge is 2.26. The molecule has 3 heteroatoms. The number of carbonyl (C=O) groups is 2. The molecule has 1 aliphatic rings. The van der Waals surface area contributed by atoms with Crippen LogP contribution in [0.1, 0.15) is 26.7 Å². The van der Waals surface area contributed by atoms with Gasteiger partial charge in [0.2, 0.25) is 0 Å². The zero-order valence-electron chi connectivity index (χ0n) is 7.26. The van der Waals surface area contributed by atoms with Gasteiger partial charge >= 0.3 is 5.97 Å². The van der Waals surface area contributed by atoms with Crippen LogP contribution in [0.4, 0.5) is 0 Å². The molecular formula is C9H12O3. The van der Waals surface area contributed by atoms with Crippen molar-refractivity contribution in [3.05, 3.63) is 11.1 Å². The SMILES string of the molecule is CC1=C(C(=O)O)CCC(=O)C1C. The number of rotatable bonds is 1. The van der Waals surface area contributed by atoms with Crippen LogP contribution in [0.3, 0.4) is 0 Å². The topological polar surface area (TPSA) is 54.4 Å². The van der Waals surface area contributed by atoms with E-state index in [4.69, 9.17) is 5.11 Å². The van der Waals surface area contributed by atoms with Gasteiger partial charge in [0.1, 0.15) is 5.78 Å². The summed E-state index contributed by atoms with van der Waals surface area (Å²) in [4.78, 5) is 21.8. The number of carboxylic acids is 1. The molecule has 3 nitrogen and oxygen atoms in total. The molecule has 0 aromatic heterocycles. The van der Waals surface area contributed by atoms with Crippen LogP contribution in [-0.2, 0) is 9.59 Å². The van der Waals surface area contributed by atoms with E-state index in [0.29, 0.717) is 18.4 Å². The highest BCUT2D eigenvalue weighted by atomic mass is 16.4. The third-order valence-electron chi connectivity index (χ3n) is 2.49. The van der Waals surface area contributed by atoms with E-state index in [1.54, 1.807) is 13.8 Å². The number of Topliss-reactive ketones (excluding diaryl/α,β-unsaturated/α-hetero) is 1. The molecule has 0 radical (unpaired) electrons. The molecule has 1 unspecified atom stereocenters. The first-order valence-electron chi connectivity index (χ1n) is 3.99. The van der Waals surface area contributed by atoms with E-state index in [0.717, 1.165) is 5.57 Å². The molecule has 0 amide bonds. The normalized spacial score (nSPS) is 24.5. The van der Waals surface area contributed by atoms with Crippen LogP contribution in [0.25, 0.3) is 0 Å². The lowest BCUT2D eigenvalue weighted by Gasteiger charge is -2.19. The maximum Gasteiger partial charge on any atom is 0.331 e. The van der Waals surface area contributed by atoms with Crippen molar-refractivity contribution in [2.75, 3.05) is 0 Å². The third-order valence-corrected chi connectivity index (χ3v) is 2.49. The highest BCUT2D eigenvalue weighted by molar-refractivity contribution is 5.94. The molecular weight excluding hydrogens is 156 g/mol. The molecule has 1 aliphatic carbocycles. The third kappa shape index (κ3) is 1.40. The molecule has 0 aromatic carbocycles. The molecule has 66 valence electrons. The second-order valence-corrected chi connectivity index (χ2v) is 3.15. The van der Waals surface area contributed by atoms with E-state index in [-0.39, 0.29) is 11.7 Å². The Kier molecular flexibility index (Phi) is 2.31. The maximum atomic E-state index is 11.1. The van der Waals surface area contributed by atoms with Crippen molar-refractivity contribution in [2.45, 2.75) is 26.7 Å². The minimum atomic E-state index is -0.883. The van der Waals surface area contributed by atoms with Crippen molar-refractivity contribution in [1.29, 1.82) is 0 Å². The standard InChI is InChI=1S/C9H12O3/c1-5-6(2)8(10)4-3-7(5)9(11)12/h6H,3-4H2,1-2H3,(H,11,12). The van der Waals surface area contributed by atoms with Crippen molar-refractivity contribution in [2.24, 2.45) is 5.92 Å². The maximum absolute atomic E-state index is 11.1. The van der Waals surface area contributed by atoms with Crippen LogP contribution in [0.15, 0.2) is 11.1 Å². The van der Waals surface area contributed by atoms with E-state index >= 15 is 0 Å². The molecule has 12 heavy (non-hydrogen) atoms. The van der Waals surface area contributed by atoms with Crippen molar-refractivity contribution in [3.63, 3.8) is 0 Å². The van der Waals surface area contributed by atoms with Gasteiger partial charge in [-0.15, -0.1) is 0 Å². The van der Waals surface area contributed by atoms with Gasteiger partial charge in [-0.2, -0.15) is 0 Å². The van der Waals surface area contributed by atoms with Gasteiger partial charge in [-0.25, -0.2) is 4.79 Å². The predicted octanol–water partition coefficient (Wildman–Crippen LogP) is 1.39. The number of aliphatic carboxylic acids is 1. The molecule has 0 fully saturated rings. The van der Waals surface area contributed by atoms with Crippen molar-refractivity contribution in [3.8, 4) is 0 Å². The van der Waals surface area contributed by atoms with Crippen LogP contribution in [0, 0.1) is 5.92 Å². The fourth-order valence-corrected chi connectivity index (χ4v) is 1.44. The summed E-state index contributed by atoms with van der Waals surface area (Å²) in [7, 11) is 0. The van der Waals surface area contributed by atoms with Gasteiger partial charge in [0.15, 0.2) is 0 Å². The molecule has 1 rings (SSSR count). The molecule has 0 saturated carbocycles. The summed E-state index contributed by atoms with van der Waals surface area (Å²) in [5, 5.41) is 8.74. The fraction of sp³-hybridized carbons (Fsp3) is 0.556. The number of carbonyl (C=O) groups excluding carboxylic acids is 1. The fourth-order valence-electron chi connectivity index (χ4n) is 1.44. The average molecular weight is 168 g/mol. The smallest absolute Gasteiger partial charge is 0.331 e. The minimum Gasteiger partial charge on any atom is -0.478 e. The van der Waals surface area contributed by atoms with Gasteiger partial charge < -0.3 is 5.11 Å². The van der Waals surface area contributed by atoms with E-state index in [1.807, 2.05) is 0 Å². The summed E-state index contributed by atoms with van der Waals surface area (Å²) in [6.45, 7) is 3.49. The van der Waals surface area contributed by atoms with E-state index in [9.17, 15) is 9.59 Å². The Morgan fingerprint density at radius 3 is 2.58 bits per heavy atom. The molecule has 0 spiro atoms. The first-order chi connectivity index (χ1) is 5.54. The van der Waals surface area contributed by atoms with Gasteiger partial charge in [-0.05, 0) is 13.3 Å². The Balaban J connectivity index is 3.00. The molecule has 0 saturated heterocycles. The van der Waals surface area contributed by atoms with Crippen LogP contribution in [-0.4, -0.2) is 16.9 Å². The van der Waals surface area contributed by atoms with Crippen LogP contribution in [0.5, 0.6) is 0 Å². The van der Waals surface area contributed by atoms with Gasteiger partial charge in [-0.1, -0.05) is 12.5 Å². The number of ketones is 1. The number of carboxylic acid groups (broad SMARTS) is 1. The summed E-state index contributed by atoms with van der Waals surface area (Å²) in [5.41, 5.74) is 1.14. The lowest BCUT2D eigenvalue weighted by molar-refractivity contribution is -0.133. The summed E-state index contributed by atoms with van der Waals surface area (Å²) in [6, 6.07) is 0. The molecule has 0 aliphatic heterocycles.